The molecule has 0 heterocycles. The summed E-state index contributed by atoms with van der Waals surface area (Å²) in [5.41, 5.74) is 0.543. The summed E-state index contributed by atoms with van der Waals surface area (Å²) in [5.74, 6) is 1.92. The topological polar surface area (TPSA) is 132 Å². The molecule has 4 saturated carbocycles. The van der Waals surface area contributed by atoms with Gasteiger partial charge in [0, 0.05) is 18.8 Å². The predicted octanol–water partition coefficient (Wildman–Crippen LogP) is 19.5. The van der Waals surface area contributed by atoms with Crippen LogP contribution in [0.3, 0.4) is 0 Å². The first kappa shape index (κ1) is 71.0. The van der Waals surface area contributed by atoms with E-state index in [0.717, 1.165) is 115 Å². The molecule has 0 amide bonds. The number of Topliss-reactive ketones (excluding diaryl/α,β-unsaturated/α-hetero) is 1. The van der Waals surface area contributed by atoms with Crippen molar-refractivity contribution in [2.45, 2.75) is 350 Å². The highest BCUT2D eigenvalue weighted by atomic mass is 16.7. The van der Waals surface area contributed by atoms with E-state index in [1.807, 2.05) is 20.8 Å². The van der Waals surface area contributed by atoms with Gasteiger partial charge >= 0.3 is 23.9 Å². The third-order valence-corrected chi connectivity index (χ3v) is 21.1. The van der Waals surface area contributed by atoms with Gasteiger partial charge in [-0.05, 0) is 125 Å². The van der Waals surface area contributed by atoms with Crippen LogP contribution in [0.5, 0.6) is 0 Å². The van der Waals surface area contributed by atoms with Crippen molar-refractivity contribution in [1.82, 2.24) is 0 Å². The average molecular weight is 1140 g/mol. The molecule has 10 heteroatoms. The first-order valence-corrected chi connectivity index (χ1v) is 35.0. The van der Waals surface area contributed by atoms with Gasteiger partial charge in [-0.1, -0.05) is 234 Å². The predicted molar refractivity (Wildman–Crippen MR) is 329 cm³/mol. The van der Waals surface area contributed by atoms with E-state index in [2.05, 4.69) is 27.7 Å². The molecule has 0 aromatic rings. The Morgan fingerprint density at radius 2 is 0.877 bits per heavy atom. The SMILES string of the molecule is CCCCCCCCCCCCCCCC(=O)OCC(COC(=O)CCCCCCCCCCCCCCC)OC(=O)C(C)CCCCCCCCC(C)C(=O)OCO[C@@H]1CC[C@@]2(C)[C@@H](CC[C@@H]3[C@@H]2CC[C@]2(C)[C@@H](C(C)=O)CC[C@@H]32)C1. The molecule has 81 heavy (non-hydrogen) atoms. The largest absolute Gasteiger partial charge is 0.462 e. The molecule has 0 aromatic carbocycles. The highest BCUT2D eigenvalue weighted by Crippen LogP contribution is 2.67. The van der Waals surface area contributed by atoms with Crippen molar-refractivity contribution in [1.29, 1.82) is 0 Å². The maximum absolute atomic E-state index is 13.3. The summed E-state index contributed by atoms with van der Waals surface area (Å²) in [5, 5.41) is 0. The quantitative estimate of drug-likeness (QED) is 0.0251. The second kappa shape index (κ2) is 41.5. The molecule has 0 N–H and O–H groups in total. The second-order valence-corrected chi connectivity index (χ2v) is 27.5. The maximum Gasteiger partial charge on any atom is 0.310 e. The van der Waals surface area contributed by atoms with Gasteiger partial charge in [0.1, 0.15) is 19.0 Å². The first-order chi connectivity index (χ1) is 39.2. The molecule has 0 radical (unpaired) electrons. The minimum Gasteiger partial charge on any atom is -0.462 e. The zero-order chi connectivity index (χ0) is 58.6. The molecular formula is C71H126O10. The Hall–Kier alpha value is -2.49. The Labute approximate surface area is 497 Å². The first-order valence-electron chi connectivity index (χ1n) is 35.0. The number of hydrogen-bond acceptors (Lipinski definition) is 10. The molecule has 4 rings (SSSR count). The fraction of sp³-hybridized carbons (Fsp3) is 0.930. The molecule has 470 valence electrons. The van der Waals surface area contributed by atoms with E-state index < -0.39 is 6.10 Å². The van der Waals surface area contributed by atoms with Gasteiger partial charge in [0.2, 0.25) is 0 Å². The van der Waals surface area contributed by atoms with Crippen LogP contribution in [0.2, 0.25) is 0 Å². The van der Waals surface area contributed by atoms with Crippen LogP contribution in [0.4, 0.5) is 0 Å². The van der Waals surface area contributed by atoms with Crippen molar-refractivity contribution >= 4 is 29.7 Å². The number of carbonyl (C=O) groups is 5. The van der Waals surface area contributed by atoms with Gasteiger partial charge in [-0.2, -0.15) is 0 Å². The van der Waals surface area contributed by atoms with Crippen molar-refractivity contribution in [3.63, 3.8) is 0 Å². The number of rotatable bonds is 48. The van der Waals surface area contributed by atoms with Gasteiger partial charge in [0.15, 0.2) is 12.9 Å². The molecule has 4 fully saturated rings. The van der Waals surface area contributed by atoms with Crippen molar-refractivity contribution in [3.8, 4) is 0 Å². The number of ether oxygens (including phenoxy) is 5. The third kappa shape index (κ3) is 26.8. The number of unbranched alkanes of at least 4 members (excludes halogenated alkanes) is 29. The fourth-order valence-corrected chi connectivity index (χ4v) is 15.7. The standard InChI is InChI=1S/C71H126O10/c1-8-10-12-14-16-18-20-22-24-26-28-34-38-42-66(73)77-53-61(54-78-67(74)43-39-35-29-27-25-23-21-19-17-15-13-11-9-2)81-69(76)57(4)41-37-33-31-30-32-36-40-56(3)68(75)80-55-79-60-48-50-70(6)59(52-60)44-45-62-64-47-46-63(58(5)72)71(64,7)51-49-65(62)70/h56-57,59-65H,8-55H2,1-7H3/t56?,57?,59-,60+,62-,63+,64-,65-,70-,71+/m0/s1. The highest BCUT2D eigenvalue weighted by Gasteiger charge is 2.61. The van der Waals surface area contributed by atoms with Crippen LogP contribution in [0, 0.1) is 52.3 Å². The Morgan fingerprint density at radius 3 is 1.35 bits per heavy atom. The Bertz CT molecular complexity index is 1670. The molecular weight excluding hydrogens is 1010 g/mol. The zero-order valence-corrected chi connectivity index (χ0v) is 53.7. The summed E-state index contributed by atoms with van der Waals surface area (Å²) in [4.78, 5) is 64.5. The lowest BCUT2D eigenvalue weighted by atomic mass is 9.44. The van der Waals surface area contributed by atoms with Crippen LogP contribution in [0.1, 0.15) is 337 Å². The van der Waals surface area contributed by atoms with Gasteiger partial charge in [-0.25, -0.2) is 0 Å². The fourth-order valence-electron chi connectivity index (χ4n) is 15.7. The molecule has 0 spiro atoms. The summed E-state index contributed by atoms with van der Waals surface area (Å²) in [7, 11) is 0. The number of carbonyl (C=O) groups excluding carboxylic acids is 5. The monoisotopic (exact) mass is 1140 g/mol. The molecule has 0 saturated heterocycles. The minimum atomic E-state index is -0.831. The lowest BCUT2D eigenvalue weighted by molar-refractivity contribution is -0.177. The second-order valence-electron chi connectivity index (χ2n) is 27.5. The molecule has 4 aliphatic rings. The Morgan fingerprint density at radius 1 is 0.457 bits per heavy atom. The molecule has 0 aromatic heterocycles. The summed E-state index contributed by atoms with van der Waals surface area (Å²) >= 11 is 0. The average Bonchev–Trinajstić information content (AvgIpc) is 4.08. The van der Waals surface area contributed by atoms with Gasteiger partial charge in [-0.15, -0.1) is 0 Å². The lowest BCUT2D eigenvalue weighted by Crippen LogP contribution is -2.54. The van der Waals surface area contributed by atoms with E-state index in [0.29, 0.717) is 42.3 Å². The maximum atomic E-state index is 13.3. The van der Waals surface area contributed by atoms with Crippen molar-refractivity contribution in [2.75, 3.05) is 20.0 Å². The molecule has 10 atom stereocenters. The van der Waals surface area contributed by atoms with Gasteiger partial charge in [0.05, 0.1) is 17.9 Å². The van der Waals surface area contributed by atoms with E-state index in [1.165, 1.54) is 167 Å². The van der Waals surface area contributed by atoms with Crippen LogP contribution in [-0.4, -0.2) is 61.9 Å². The van der Waals surface area contributed by atoms with Gasteiger partial charge in [0.25, 0.3) is 0 Å². The normalized spacial score (nSPS) is 24.9. The lowest BCUT2D eigenvalue weighted by Gasteiger charge is -2.61. The van der Waals surface area contributed by atoms with E-state index in [9.17, 15) is 24.0 Å². The number of esters is 4. The Balaban J connectivity index is 1.05. The number of hydrogen-bond donors (Lipinski definition) is 0. The van der Waals surface area contributed by atoms with Crippen molar-refractivity contribution < 1.29 is 47.7 Å². The van der Waals surface area contributed by atoms with Gasteiger partial charge < -0.3 is 23.7 Å². The molecule has 2 unspecified atom stereocenters. The Kier molecular flexibility index (Phi) is 36.4. The van der Waals surface area contributed by atoms with Crippen LogP contribution < -0.4 is 0 Å². The van der Waals surface area contributed by atoms with E-state index >= 15 is 0 Å². The van der Waals surface area contributed by atoms with E-state index in [-0.39, 0.29) is 73.2 Å². The smallest absolute Gasteiger partial charge is 0.310 e. The highest BCUT2D eigenvalue weighted by molar-refractivity contribution is 5.79. The minimum absolute atomic E-state index is 0.0445. The molecule has 4 aliphatic carbocycles. The third-order valence-electron chi connectivity index (χ3n) is 21.1. The molecule has 10 nitrogen and oxygen atoms in total. The van der Waals surface area contributed by atoms with Crippen LogP contribution in [0.15, 0.2) is 0 Å². The zero-order valence-electron chi connectivity index (χ0n) is 53.7. The number of ketones is 1. The van der Waals surface area contributed by atoms with E-state index in [4.69, 9.17) is 23.7 Å². The van der Waals surface area contributed by atoms with Crippen LogP contribution in [-0.2, 0) is 47.7 Å². The molecule has 0 aliphatic heterocycles. The summed E-state index contributed by atoms with van der Waals surface area (Å²) in [6.07, 6.45) is 50.3. The van der Waals surface area contributed by atoms with Crippen LogP contribution >= 0.6 is 0 Å². The van der Waals surface area contributed by atoms with Crippen molar-refractivity contribution in [2.24, 2.45) is 52.3 Å². The molecule has 0 bridgehead atoms. The summed E-state index contributed by atoms with van der Waals surface area (Å²) < 4.78 is 29.1. The summed E-state index contributed by atoms with van der Waals surface area (Å²) in [6, 6.07) is 0. The van der Waals surface area contributed by atoms with Crippen molar-refractivity contribution in [3.05, 3.63) is 0 Å². The summed E-state index contributed by atoms with van der Waals surface area (Å²) in [6.45, 7) is 15.0. The number of fused-ring (bicyclic) bond motifs is 5. The van der Waals surface area contributed by atoms with Crippen LogP contribution in [0.25, 0.3) is 0 Å². The van der Waals surface area contributed by atoms with Gasteiger partial charge in [-0.3, -0.25) is 24.0 Å². The van der Waals surface area contributed by atoms with E-state index in [1.54, 1.807) is 0 Å².